The van der Waals surface area contributed by atoms with Crippen molar-refractivity contribution < 1.29 is 58.2 Å². The van der Waals surface area contributed by atoms with Crippen molar-refractivity contribution in [2.24, 2.45) is 0 Å². The van der Waals surface area contributed by atoms with Gasteiger partial charge in [0.25, 0.3) is 0 Å². The summed E-state index contributed by atoms with van der Waals surface area (Å²) in [7, 11) is 0. The highest BCUT2D eigenvalue weighted by Gasteiger charge is 2.17. The van der Waals surface area contributed by atoms with Gasteiger partial charge in [0.2, 0.25) is 0 Å². The van der Waals surface area contributed by atoms with E-state index in [4.69, 9.17) is 34.3 Å². The number of aliphatic carboxylic acids is 3. The summed E-state index contributed by atoms with van der Waals surface area (Å²) in [5, 5.41) is 26.1. The Morgan fingerprint density at radius 3 is 1.52 bits per heavy atom. The first kappa shape index (κ1) is 34.3. The predicted molar refractivity (Wildman–Crippen MR) is 163 cm³/mol. The van der Waals surface area contributed by atoms with Crippen LogP contribution in [0.3, 0.4) is 0 Å². The Morgan fingerprint density at radius 2 is 1.00 bits per heavy atom. The topological polar surface area (TPSA) is 183 Å². The molecule has 0 bridgehead atoms. The summed E-state index contributed by atoms with van der Waals surface area (Å²) in [5.41, 5.74) is 1.54. The van der Waals surface area contributed by atoms with E-state index < -0.39 is 37.7 Å². The van der Waals surface area contributed by atoms with Gasteiger partial charge in [-0.25, -0.2) is 14.4 Å². The van der Waals surface area contributed by atoms with Gasteiger partial charge < -0.3 is 34.3 Å². The van der Waals surface area contributed by atoms with Crippen LogP contribution in [0.1, 0.15) is 38.8 Å². The molecule has 0 aliphatic rings. The van der Waals surface area contributed by atoms with Gasteiger partial charge in [0.1, 0.15) is 11.5 Å². The van der Waals surface area contributed by atoms with Crippen molar-refractivity contribution in [3.8, 4) is 23.0 Å². The summed E-state index contributed by atoms with van der Waals surface area (Å²) in [6.07, 6.45) is 0. The maximum Gasteiger partial charge on any atom is 0.341 e. The molecule has 0 saturated heterocycles. The van der Waals surface area contributed by atoms with Crippen molar-refractivity contribution in [1.29, 1.82) is 0 Å². The molecule has 4 rings (SSSR count). The summed E-state index contributed by atoms with van der Waals surface area (Å²) in [4.78, 5) is 56.9. The number of carbonyl (C=O) groups is 5. The Balaban J connectivity index is 0.000000251. The van der Waals surface area contributed by atoms with Crippen molar-refractivity contribution in [2.75, 3.05) is 26.4 Å². The van der Waals surface area contributed by atoms with Crippen LogP contribution >= 0.6 is 0 Å². The molecule has 0 aliphatic heterocycles. The molecule has 4 aromatic rings. The fourth-order valence-corrected chi connectivity index (χ4v) is 3.87. The molecule has 0 amide bonds. The third-order valence-electron chi connectivity index (χ3n) is 5.84. The van der Waals surface area contributed by atoms with Crippen molar-refractivity contribution in [2.45, 2.75) is 6.92 Å². The first-order chi connectivity index (χ1) is 22.1. The summed E-state index contributed by atoms with van der Waals surface area (Å²) >= 11 is 0. The smallest absolute Gasteiger partial charge is 0.341 e. The lowest BCUT2D eigenvalue weighted by atomic mass is 10.0. The lowest BCUT2D eigenvalue weighted by Gasteiger charge is -2.12. The number of rotatable bonds is 15. The highest BCUT2D eigenvalue weighted by atomic mass is 16.5. The average Bonchev–Trinajstić information content (AvgIpc) is 3.06. The third-order valence-corrected chi connectivity index (χ3v) is 5.84. The fraction of sp³-hybridized carbons (Fsp3) is 0.147. The Bertz CT molecular complexity index is 1670. The van der Waals surface area contributed by atoms with Gasteiger partial charge in [0, 0.05) is 22.8 Å². The van der Waals surface area contributed by atoms with Crippen LogP contribution in [-0.2, 0) is 14.4 Å². The van der Waals surface area contributed by atoms with E-state index in [1.165, 1.54) is 24.3 Å². The molecular weight excluding hydrogens is 600 g/mol. The zero-order valence-electron chi connectivity index (χ0n) is 24.6. The number of hydrogen-bond acceptors (Lipinski definition) is 9. The molecule has 0 fully saturated rings. The van der Waals surface area contributed by atoms with E-state index in [9.17, 15) is 24.0 Å². The van der Waals surface area contributed by atoms with Gasteiger partial charge in [0.05, 0.1) is 12.2 Å². The zero-order valence-corrected chi connectivity index (χ0v) is 24.6. The van der Waals surface area contributed by atoms with Gasteiger partial charge >= 0.3 is 17.9 Å². The Morgan fingerprint density at radius 1 is 0.500 bits per heavy atom. The van der Waals surface area contributed by atoms with Crippen LogP contribution in [0.5, 0.6) is 23.0 Å². The number of carboxylic acid groups (broad SMARTS) is 3. The van der Waals surface area contributed by atoms with Gasteiger partial charge in [-0.2, -0.15) is 0 Å². The van der Waals surface area contributed by atoms with E-state index >= 15 is 0 Å². The summed E-state index contributed by atoms with van der Waals surface area (Å²) in [5.74, 6) is -3.27. The summed E-state index contributed by atoms with van der Waals surface area (Å²) in [6.45, 7) is 0.512. The standard InChI is InChI=1S/C17H14O7.C17H16O5/c18-15(19)9-23-13-7-6-12(8-14(13)24-10-16(20)21)17(22)11-4-2-1-3-5-11;1-2-21-13-8-9-14(15(10-13)22-11-16(18)19)17(20)12-6-4-3-5-7-12/h1-8H,9-10H2,(H,18,19)(H,20,21);3-10H,2,11H2,1H3,(H,18,19). The SMILES string of the molecule is CCOc1ccc(C(=O)c2ccccc2)c(OCC(=O)O)c1.O=C(O)COc1ccc(C(=O)c2ccccc2)cc1OCC(=O)O. The highest BCUT2D eigenvalue weighted by molar-refractivity contribution is 6.11. The van der Waals surface area contributed by atoms with Crippen molar-refractivity contribution in [1.82, 2.24) is 0 Å². The summed E-state index contributed by atoms with van der Waals surface area (Å²) < 4.78 is 20.7. The van der Waals surface area contributed by atoms with Crippen LogP contribution in [0.15, 0.2) is 97.1 Å². The Hall–Kier alpha value is -6.17. The first-order valence-corrected chi connectivity index (χ1v) is 13.7. The largest absolute Gasteiger partial charge is 0.494 e. The van der Waals surface area contributed by atoms with Gasteiger partial charge in [-0.05, 0) is 37.3 Å². The van der Waals surface area contributed by atoms with Crippen LogP contribution in [0.2, 0.25) is 0 Å². The molecular formula is C34H30O12. The second-order valence-corrected chi connectivity index (χ2v) is 9.19. The molecule has 238 valence electrons. The van der Waals surface area contributed by atoms with Crippen molar-refractivity contribution >= 4 is 29.5 Å². The van der Waals surface area contributed by atoms with E-state index in [2.05, 4.69) is 0 Å². The van der Waals surface area contributed by atoms with Crippen LogP contribution < -0.4 is 18.9 Å². The monoisotopic (exact) mass is 630 g/mol. The first-order valence-electron chi connectivity index (χ1n) is 13.7. The third kappa shape index (κ3) is 10.5. The Kier molecular flexibility index (Phi) is 12.8. The van der Waals surface area contributed by atoms with Gasteiger partial charge in [-0.15, -0.1) is 0 Å². The maximum atomic E-state index is 12.5. The quantitative estimate of drug-likeness (QED) is 0.155. The van der Waals surface area contributed by atoms with E-state index in [0.29, 0.717) is 29.0 Å². The number of carbonyl (C=O) groups excluding carboxylic acids is 2. The maximum absolute atomic E-state index is 12.5. The molecule has 0 aliphatic carbocycles. The zero-order chi connectivity index (χ0) is 33.5. The fourth-order valence-electron chi connectivity index (χ4n) is 3.87. The van der Waals surface area contributed by atoms with E-state index in [1.54, 1.807) is 66.7 Å². The van der Waals surface area contributed by atoms with E-state index in [-0.39, 0.29) is 34.4 Å². The molecule has 0 heterocycles. The molecule has 46 heavy (non-hydrogen) atoms. The van der Waals surface area contributed by atoms with Crippen molar-refractivity contribution in [3.63, 3.8) is 0 Å². The molecule has 0 spiro atoms. The molecule has 0 aromatic heterocycles. The average molecular weight is 631 g/mol. The van der Waals surface area contributed by atoms with Gasteiger partial charge in [0.15, 0.2) is 42.9 Å². The number of ketones is 2. The summed E-state index contributed by atoms with van der Waals surface area (Å²) in [6, 6.07) is 26.2. The minimum absolute atomic E-state index is 0.0135. The molecule has 0 radical (unpaired) electrons. The normalized spacial score (nSPS) is 10.0. The van der Waals surface area contributed by atoms with Crippen LogP contribution in [0.4, 0.5) is 0 Å². The molecule has 12 heteroatoms. The Labute approximate surface area is 263 Å². The van der Waals surface area contributed by atoms with Gasteiger partial charge in [-0.3, -0.25) is 9.59 Å². The van der Waals surface area contributed by atoms with Crippen LogP contribution in [-0.4, -0.2) is 71.2 Å². The number of carboxylic acids is 3. The number of benzene rings is 4. The molecule has 0 atom stereocenters. The lowest BCUT2D eigenvalue weighted by Crippen LogP contribution is -2.13. The second kappa shape index (κ2) is 17.2. The minimum atomic E-state index is -1.21. The van der Waals surface area contributed by atoms with Crippen molar-refractivity contribution in [3.05, 3.63) is 119 Å². The minimum Gasteiger partial charge on any atom is -0.494 e. The highest BCUT2D eigenvalue weighted by Crippen LogP contribution is 2.30. The van der Waals surface area contributed by atoms with Crippen LogP contribution in [0.25, 0.3) is 0 Å². The van der Waals surface area contributed by atoms with Crippen LogP contribution in [0, 0.1) is 0 Å². The van der Waals surface area contributed by atoms with Gasteiger partial charge in [-0.1, -0.05) is 60.7 Å². The molecule has 12 nitrogen and oxygen atoms in total. The molecule has 3 N–H and O–H groups in total. The predicted octanol–water partition coefficient (Wildman–Crippen LogP) is 4.62. The lowest BCUT2D eigenvalue weighted by molar-refractivity contribution is -0.140. The molecule has 4 aromatic carbocycles. The van der Waals surface area contributed by atoms with E-state index in [0.717, 1.165) is 0 Å². The molecule has 0 saturated carbocycles. The second-order valence-electron chi connectivity index (χ2n) is 9.19. The number of ether oxygens (including phenoxy) is 4. The number of hydrogen-bond donors (Lipinski definition) is 3. The van der Waals surface area contributed by atoms with E-state index in [1.807, 2.05) is 13.0 Å². The molecule has 0 unspecified atom stereocenters.